The van der Waals surface area contributed by atoms with E-state index in [0.717, 1.165) is 45.0 Å². The number of rotatable bonds is 4. The summed E-state index contributed by atoms with van der Waals surface area (Å²) >= 11 is 7.63. The zero-order valence-corrected chi connectivity index (χ0v) is 16.5. The van der Waals surface area contributed by atoms with E-state index < -0.39 is 0 Å². The van der Waals surface area contributed by atoms with Crippen molar-refractivity contribution in [3.05, 3.63) is 59.6 Å². The van der Waals surface area contributed by atoms with Crippen LogP contribution in [-0.4, -0.2) is 23.1 Å². The van der Waals surface area contributed by atoms with Gasteiger partial charge in [-0.1, -0.05) is 53.7 Å². The summed E-state index contributed by atoms with van der Waals surface area (Å²) in [5.74, 6) is 1.25. The van der Waals surface area contributed by atoms with Crippen molar-refractivity contribution in [1.29, 1.82) is 0 Å². The molecule has 1 aliphatic rings. The summed E-state index contributed by atoms with van der Waals surface area (Å²) in [4.78, 5) is 12.7. The molecule has 27 heavy (non-hydrogen) atoms. The maximum atomic E-state index is 6.11. The molecule has 138 valence electrons. The summed E-state index contributed by atoms with van der Waals surface area (Å²) in [6, 6.07) is 18.1. The van der Waals surface area contributed by atoms with E-state index in [9.17, 15) is 0 Å². The molecule has 1 saturated heterocycles. The molecule has 1 aromatic heterocycles. The number of anilines is 2. The van der Waals surface area contributed by atoms with Crippen molar-refractivity contribution in [2.75, 3.05) is 23.7 Å². The maximum Gasteiger partial charge on any atom is 0.223 e. The van der Waals surface area contributed by atoms with Crippen LogP contribution in [0.15, 0.2) is 64.5 Å². The van der Waals surface area contributed by atoms with Crippen molar-refractivity contribution < 1.29 is 0 Å². The maximum absolute atomic E-state index is 6.11. The summed E-state index contributed by atoms with van der Waals surface area (Å²) in [6.45, 7) is 2.00. The van der Waals surface area contributed by atoms with Crippen molar-refractivity contribution in [2.24, 2.45) is 0 Å². The molecule has 0 saturated carbocycles. The van der Waals surface area contributed by atoms with Gasteiger partial charge in [0, 0.05) is 23.0 Å². The third-order valence-electron chi connectivity index (χ3n) is 4.62. The number of nitrogen functional groups attached to an aromatic ring is 1. The van der Waals surface area contributed by atoms with Gasteiger partial charge in [-0.3, -0.25) is 0 Å². The molecule has 0 spiro atoms. The predicted octanol–water partition coefficient (Wildman–Crippen LogP) is 5.52. The first-order valence-corrected chi connectivity index (χ1v) is 10.3. The van der Waals surface area contributed by atoms with Crippen LogP contribution in [0.1, 0.15) is 19.3 Å². The molecule has 4 rings (SSSR count). The minimum absolute atomic E-state index is 0.312. The SMILES string of the molecule is Nc1nc(Sc2ccc(Cl)cc2)c(-c2ccccc2)c(N2CCCCC2)n1. The molecule has 0 bridgehead atoms. The highest BCUT2D eigenvalue weighted by Gasteiger charge is 2.22. The number of halogens is 1. The minimum atomic E-state index is 0.312. The molecule has 6 heteroatoms. The Kier molecular flexibility index (Phi) is 5.50. The monoisotopic (exact) mass is 396 g/mol. The van der Waals surface area contributed by atoms with Crippen LogP contribution in [0.25, 0.3) is 11.1 Å². The molecule has 3 aromatic rings. The molecule has 0 radical (unpaired) electrons. The lowest BCUT2D eigenvalue weighted by Gasteiger charge is -2.30. The van der Waals surface area contributed by atoms with Gasteiger partial charge in [-0.25, -0.2) is 4.98 Å². The first kappa shape index (κ1) is 18.1. The van der Waals surface area contributed by atoms with Crippen molar-refractivity contribution in [1.82, 2.24) is 9.97 Å². The largest absolute Gasteiger partial charge is 0.368 e. The van der Waals surface area contributed by atoms with Crippen LogP contribution < -0.4 is 10.6 Å². The third-order valence-corrected chi connectivity index (χ3v) is 5.87. The second-order valence-electron chi connectivity index (χ2n) is 6.56. The molecular weight excluding hydrogens is 376 g/mol. The molecule has 1 aliphatic heterocycles. The normalized spacial score (nSPS) is 14.3. The fourth-order valence-electron chi connectivity index (χ4n) is 3.33. The van der Waals surface area contributed by atoms with E-state index in [1.54, 1.807) is 11.8 Å². The molecule has 2 aromatic carbocycles. The average Bonchev–Trinajstić information content (AvgIpc) is 2.71. The smallest absolute Gasteiger partial charge is 0.223 e. The Morgan fingerprint density at radius 2 is 1.59 bits per heavy atom. The van der Waals surface area contributed by atoms with E-state index in [1.807, 2.05) is 42.5 Å². The summed E-state index contributed by atoms with van der Waals surface area (Å²) < 4.78 is 0. The standard InChI is InChI=1S/C21H21ClN4S/c22-16-9-11-17(12-10-16)27-20-18(15-7-3-1-4-8-15)19(24-21(23)25-20)26-13-5-2-6-14-26/h1,3-4,7-12H,2,5-6,13-14H2,(H2,23,24,25). The number of piperidine rings is 1. The van der Waals surface area contributed by atoms with Gasteiger partial charge in [0.25, 0.3) is 0 Å². The van der Waals surface area contributed by atoms with Gasteiger partial charge in [0.1, 0.15) is 10.8 Å². The van der Waals surface area contributed by atoms with Crippen LogP contribution in [0.5, 0.6) is 0 Å². The highest BCUT2D eigenvalue weighted by molar-refractivity contribution is 7.99. The average molecular weight is 397 g/mol. The fraction of sp³-hybridized carbons (Fsp3) is 0.238. The van der Waals surface area contributed by atoms with Crippen LogP contribution in [-0.2, 0) is 0 Å². The quantitative estimate of drug-likeness (QED) is 0.588. The fourth-order valence-corrected chi connectivity index (χ4v) is 4.40. The first-order chi connectivity index (χ1) is 13.2. The number of hydrogen-bond acceptors (Lipinski definition) is 5. The highest BCUT2D eigenvalue weighted by Crippen LogP contribution is 2.41. The molecule has 0 aliphatic carbocycles. The second-order valence-corrected chi connectivity index (χ2v) is 8.05. The summed E-state index contributed by atoms with van der Waals surface area (Å²) in [5, 5.41) is 1.59. The van der Waals surface area contributed by atoms with E-state index in [4.69, 9.17) is 17.3 Å². The third kappa shape index (κ3) is 4.20. The van der Waals surface area contributed by atoms with Gasteiger partial charge in [0.15, 0.2) is 0 Å². The second kappa shape index (κ2) is 8.19. The van der Waals surface area contributed by atoms with Crippen LogP contribution in [0.4, 0.5) is 11.8 Å². The van der Waals surface area contributed by atoms with Gasteiger partial charge < -0.3 is 10.6 Å². The number of benzene rings is 2. The van der Waals surface area contributed by atoms with Crippen LogP contribution in [0.3, 0.4) is 0 Å². The van der Waals surface area contributed by atoms with Gasteiger partial charge in [0.05, 0.1) is 5.56 Å². The molecule has 0 atom stereocenters. The molecule has 0 amide bonds. The number of nitrogens with zero attached hydrogens (tertiary/aromatic N) is 3. The Morgan fingerprint density at radius 3 is 2.30 bits per heavy atom. The minimum Gasteiger partial charge on any atom is -0.368 e. The van der Waals surface area contributed by atoms with Gasteiger partial charge in [0.2, 0.25) is 5.95 Å². The molecule has 4 nitrogen and oxygen atoms in total. The number of nitrogens with two attached hydrogens (primary N) is 1. The Hall–Kier alpha value is -2.24. The van der Waals surface area contributed by atoms with E-state index >= 15 is 0 Å². The lowest BCUT2D eigenvalue weighted by molar-refractivity contribution is 0.573. The molecule has 2 N–H and O–H groups in total. The molecule has 2 heterocycles. The topological polar surface area (TPSA) is 55.0 Å². The lowest BCUT2D eigenvalue weighted by Crippen LogP contribution is -2.31. The van der Waals surface area contributed by atoms with Crippen LogP contribution in [0.2, 0.25) is 5.02 Å². The first-order valence-electron chi connectivity index (χ1n) is 9.12. The Morgan fingerprint density at radius 1 is 0.889 bits per heavy atom. The molecule has 0 unspecified atom stereocenters. The van der Waals surface area contributed by atoms with Gasteiger partial charge in [-0.15, -0.1) is 0 Å². The van der Waals surface area contributed by atoms with E-state index in [2.05, 4.69) is 27.0 Å². The zero-order chi connectivity index (χ0) is 18.6. The summed E-state index contributed by atoms with van der Waals surface area (Å²) in [5.41, 5.74) is 8.26. The van der Waals surface area contributed by atoms with E-state index in [-0.39, 0.29) is 0 Å². The van der Waals surface area contributed by atoms with Crippen LogP contribution in [0, 0.1) is 0 Å². The number of hydrogen-bond donors (Lipinski definition) is 1. The number of aromatic nitrogens is 2. The van der Waals surface area contributed by atoms with Crippen molar-refractivity contribution in [3.8, 4) is 11.1 Å². The Bertz CT molecular complexity index is 909. The lowest BCUT2D eigenvalue weighted by atomic mass is 10.1. The molecular formula is C21H21ClN4S. The zero-order valence-electron chi connectivity index (χ0n) is 14.9. The van der Waals surface area contributed by atoms with Crippen molar-refractivity contribution in [2.45, 2.75) is 29.2 Å². The molecule has 1 fully saturated rings. The van der Waals surface area contributed by atoms with E-state index in [1.165, 1.54) is 19.3 Å². The van der Waals surface area contributed by atoms with Gasteiger partial charge in [-0.2, -0.15) is 4.98 Å². The highest BCUT2D eigenvalue weighted by atomic mass is 35.5. The summed E-state index contributed by atoms with van der Waals surface area (Å²) in [7, 11) is 0. The van der Waals surface area contributed by atoms with E-state index in [0.29, 0.717) is 5.95 Å². The van der Waals surface area contributed by atoms with Gasteiger partial charge >= 0.3 is 0 Å². The van der Waals surface area contributed by atoms with Crippen LogP contribution >= 0.6 is 23.4 Å². The van der Waals surface area contributed by atoms with Crippen molar-refractivity contribution in [3.63, 3.8) is 0 Å². The van der Waals surface area contributed by atoms with Crippen molar-refractivity contribution >= 4 is 35.1 Å². The predicted molar refractivity (Wildman–Crippen MR) is 114 cm³/mol. The Balaban J connectivity index is 1.83. The summed E-state index contributed by atoms with van der Waals surface area (Å²) in [6.07, 6.45) is 3.62. The van der Waals surface area contributed by atoms with Gasteiger partial charge in [-0.05, 0) is 49.1 Å². The Labute approximate surface area is 168 Å².